The molecule has 0 aromatic carbocycles. The molecule has 7 heteroatoms. The van der Waals surface area contributed by atoms with Gasteiger partial charge in [0.15, 0.2) is 6.29 Å². The molecule has 1 atom stereocenters. The fraction of sp³-hybridized carbons (Fsp3) is 0.364. The van der Waals surface area contributed by atoms with Crippen LogP contribution >= 0.6 is 0 Å². The Morgan fingerprint density at radius 3 is 2.83 bits per heavy atom. The number of fused-ring (bicyclic) bond motifs is 1. The van der Waals surface area contributed by atoms with Crippen molar-refractivity contribution < 1.29 is 18.4 Å². The van der Waals surface area contributed by atoms with E-state index in [9.17, 15) is 18.4 Å². The molecule has 1 aromatic heterocycles. The van der Waals surface area contributed by atoms with Gasteiger partial charge in [-0.2, -0.15) is 0 Å². The maximum atomic E-state index is 12.9. The number of nitrogens with zero attached hydrogens (tertiary/aromatic N) is 2. The number of nitrogens with two attached hydrogens (primary N) is 1. The fourth-order valence-electron chi connectivity index (χ4n) is 2.06. The van der Waals surface area contributed by atoms with Crippen LogP contribution < -0.4 is 10.6 Å². The number of halogens is 2. The summed E-state index contributed by atoms with van der Waals surface area (Å²) < 4.78 is 25.7. The quantitative estimate of drug-likeness (QED) is 0.810. The van der Waals surface area contributed by atoms with E-state index in [1.165, 1.54) is 6.07 Å². The molecule has 0 spiro atoms. The van der Waals surface area contributed by atoms with Crippen molar-refractivity contribution in [3.05, 3.63) is 23.4 Å². The van der Waals surface area contributed by atoms with Crippen LogP contribution in [0.25, 0.3) is 0 Å². The lowest BCUT2D eigenvalue weighted by Gasteiger charge is -2.34. The molecule has 96 valence electrons. The molecule has 2 rings (SSSR count). The highest BCUT2D eigenvalue weighted by atomic mass is 19.3. The molecule has 18 heavy (non-hydrogen) atoms. The molecule has 2 N–H and O–H groups in total. The Balaban J connectivity index is 2.50. The third-order valence-electron chi connectivity index (χ3n) is 2.90. The van der Waals surface area contributed by atoms with Crippen LogP contribution in [0.3, 0.4) is 0 Å². The molecule has 1 aliphatic rings. The van der Waals surface area contributed by atoms with Crippen molar-refractivity contribution in [3.63, 3.8) is 0 Å². The number of amides is 2. The van der Waals surface area contributed by atoms with Gasteiger partial charge in [0.25, 0.3) is 6.43 Å². The van der Waals surface area contributed by atoms with E-state index in [1.54, 1.807) is 6.07 Å². The van der Waals surface area contributed by atoms with Crippen LogP contribution in [0.2, 0.25) is 0 Å². The molecule has 0 aliphatic carbocycles. The van der Waals surface area contributed by atoms with Gasteiger partial charge >= 0.3 is 6.03 Å². The zero-order chi connectivity index (χ0) is 13.3. The monoisotopic (exact) mass is 255 g/mol. The van der Waals surface area contributed by atoms with Crippen molar-refractivity contribution in [3.8, 4) is 0 Å². The summed E-state index contributed by atoms with van der Waals surface area (Å²) in [4.78, 5) is 26.6. The van der Waals surface area contributed by atoms with Crippen molar-refractivity contribution in [1.29, 1.82) is 0 Å². The first-order valence-corrected chi connectivity index (χ1v) is 5.36. The predicted octanol–water partition coefficient (Wildman–Crippen LogP) is 1.36. The van der Waals surface area contributed by atoms with E-state index in [-0.39, 0.29) is 17.9 Å². The van der Waals surface area contributed by atoms with E-state index in [0.29, 0.717) is 18.3 Å². The van der Waals surface area contributed by atoms with E-state index in [4.69, 9.17) is 5.73 Å². The molecule has 1 unspecified atom stereocenters. The van der Waals surface area contributed by atoms with Crippen molar-refractivity contribution in [1.82, 2.24) is 4.98 Å². The summed E-state index contributed by atoms with van der Waals surface area (Å²) in [6.07, 6.45) is -1.71. The fourth-order valence-corrected chi connectivity index (χ4v) is 2.06. The lowest BCUT2D eigenvalue weighted by molar-refractivity contribution is 0.107. The molecule has 0 fully saturated rings. The minimum atomic E-state index is -2.70. The first-order valence-electron chi connectivity index (χ1n) is 5.36. The van der Waals surface area contributed by atoms with Gasteiger partial charge in [-0.1, -0.05) is 6.07 Å². The molecule has 0 radical (unpaired) electrons. The first kappa shape index (κ1) is 12.4. The van der Waals surface area contributed by atoms with Crippen LogP contribution in [0.5, 0.6) is 0 Å². The van der Waals surface area contributed by atoms with Gasteiger partial charge in [-0.15, -0.1) is 0 Å². The third-order valence-corrected chi connectivity index (χ3v) is 2.90. The maximum absolute atomic E-state index is 12.9. The number of carbonyl (C=O) groups is 2. The number of alkyl halides is 2. The minimum absolute atomic E-state index is 0.0589. The maximum Gasteiger partial charge on any atom is 0.320 e. The smallest absolute Gasteiger partial charge is 0.320 e. The van der Waals surface area contributed by atoms with Gasteiger partial charge < -0.3 is 5.73 Å². The summed E-state index contributed by atoms with van der Waals surface area (Å²) in [5, 5.41) is 0. The largest absolute Gasteiger partial charge is 0.351 e. The second kappa shape index (κ2) is 4.67. The van der Waals surface area contributed by atoms with Gasteiger partial charge in [0.05, 0.1) is 0 Å². The van der Waals surface area contributed by atoms with Crippen LogP contribution in [-0.2, 0) is 6.42 Å². The van der Waals surface area contributed by atoms with Gasteiger partial charge in [-0.05, 0) is 24.5 Å². The molecule has 2 amide bonds. The number of hydrogen-bond donors (Lipinski definition) is 1. The van der Waals surface area contributed by atoms with Crippen molar-refractivity contribution >= 4 is 18.1 Å². The predicted molar refractivity (Wildman–Crippen MR) is 59.8 cm³/mol. The highest BCUT2D eigenvalue weighted by Gasteiger charge is 2.36. The van der Waals surface area contributed by atoms with Crippen LogP contribution in [0.15, 0.2) is 12.1 Å². The SMILES string of the molecule is NC(=O)N1c2nc(C=O)ccc2CCC1C(F)F. The number of anilines is 1. The molecular formula is C11H11F2N3O2. The first-order chi connectivity index (χ1) is 8.54. The minimum Gasteiger partial charge on any atom is -0.351 e. The summed E-state index contributed by atoms with van der Waals surface area (Å²) in [6.45, 7) is 0. The number of pyridine rings is 1. The highest BCUT2D eigenvalue weighted by molar-refractivity contribution is 5.92. The Labute approximate surface area is 102 Å². The Bertz CT molecular complexity index is 493. The number of aromatic nitrogens is 1. The van der Waals surface area contributed by atoms with Crippen LogP contribution in [-0.4, -0.2) is 29.8 Å². The van der Waals surface area contributed by atoms with Gasteiger partial charge in [-0.3, -0.25) is 9.69 Å². The third kappa shape index (κ3) is 2.03. The number of primary amides is 1. The summed E-state index contributed by atoms with van der Waals surface area (Å²) in [5.74, 6) is 0.0589. The summed E-state index contributed by atoms with van der Waals surface area (Å²) in [6, 6.07) is 0.804. The Morgan fingerprint density at radius 1 is 1.56 bits per heavy atom. The molecule has 0 saturated carbocycles. The number of hydrogen-bond acceptors (Lipinski definition) is 3. The van der Waals surface area contributed by atoms with E-state index in [0.717, 1.165) is 4.90 Å². The van der Waals surface area contributed by atoms with Crippen LogP contribution in [0.1, 0.15) is 22.5 Å². The Hall–Kier alpha value is -2.05. The van der Waals surface area contributed by atoms with E-state index >= 15 is 0 Å². The molecular weight excluding hydrogens is 244 g/mol. The second-order valence-electron chi connectivity index (χ2n) is 3.99. The van der Waals surface area contributed by atoms with Gasteiger partial charge in [-0.25, -0.2) is 18.6 Å². The van der Waals surface area contributed by atoms with Crippen molar-refractivity contribution in [2.45, 2.75) is 25.3 Å². The zero-order valence-electron chi connectivity index (χ0n) is 9.35. The van der Waals surface area contributed by atoms with Gasteiger partial charge in [0.2, 0.25) is 0 Å². The average molecular weight is 255 g/mol. The van der Waals surface area contributed by atoms with E-state index < -0.39 is 18.5 Å². The van der Waals surface area contributed by atoms with Crippen LogP contribution in [0, 0.1) is 0 Å². The second-order valence-corrected chi connectivity index (χ2v) is 3.99. The topological polar surface area (TPSA) is 76.3 Å². The molecule has 1 aromatic rings. The Kier molecular flexibility index (Phi) is 3.22. The summed E-state index contributed by atoms with van der Waals surface area (Å²) in [7, 11) is 0. The van der Waals surface area contributed by atoms with Crippen molar-refractivity contribution in [2.24, 2.45) is 5.73 Å². The number of aldehydes is 1. The molecule has 2 heterocycles. The molecule has 1 aliphatic heterocycles. The van der Waals surface area contributed by atoms with Gasteiger partial charge in [0, 0.05) is 0 Å². The summed E-state index contributed by atoms with van der Waals surface area (Å²) in [5.41, 5.74) is 5.84. The lowest BCUT2D eigenvalue weighted by atomic mass is 9.99. The molecule has 5 nitrogen and oxygen atoms in total. The van der Waals surface area contributed by atoms with E-state index in [2.05, 4.69) is 4.98 Å². The number of carbonyl (C=O) groups excluding carboxylic acids is 2. The normalized spacial score (nSPS) is 18.6. The standard InChI is InChI=1S/C11H11F2N3O2/c12-9(13)8-4-2-6-1-3-7(5-17)15-10(6)16(8)11(14)18/h1,3,5,8-9H,2,4H2,(H2,14,18). The Morgan fingerprint density at radius 2 is 2.28 bits per heavy atom. The highest BCUT2D eigenvalue weighted by Crippen LogP contribution is 2.31. The van der Waals surface area contributed by atoms with E-state index in [1.807, 2.05) is 0 Å². The average Bonchev–Trinajstić information content (AvgIpc) is 2.36. The molecule has 0 bridgehead atoms. The lowest BCUT2D eigenvalue weighted by Crippen LogP contribution is -2.50. The molecule has 0 saturated heterocycles. The summed E-state index contributed by atoms with van der Waals surface area (Å²) >= 11 is 0. The number of aryl methyl sites for hydroxylation is 1. The van der Waals surface area contributed by atoms with Crippen molar-refractivity contribution in [2.75, 3.05) is 4.90 Å². The zero-order valence-corrected chi connectivity index (χ0v) is 9.35. The van der Waals surface area contributed by atoms with Gasteiger partial charge in [0.1, 0.15) is 17.6 Å². The number of urea groups is 1. The van der Waals surface area contributed by atoms with Crippen LogP contribution in [0.4, 0.5) is 19.4 Å². The number of rotatable bonds is 2.